The second-order valence-electron chi connectivity index (χ2n) is 10.2. The number of fused-ring (bicyclic) bond motifs is 1. The van der Waals surface area contributed by atoms with Crippen molar-refractivity contribution in [1.82, 2.24) is 20.9 Å². The van der Waals surface area contributed by atoms with Gasteiger partial charge in [-0.3, -0.25) is 30.3 Å². The van der Waals surface area contributed by atoms with Gasteiger partial charge in [-0.2, -0.15) is 0 Å². The van der Waals surface area contributed by atoms with Crippen molar-refractivity contribution in [3.63, 3.8) is 0 Å². The third kappa shape index (κ3) is 3.21. The number of aryl methyl sites for hydroxylation is 1. The topological polar surface area (TPSA) is 198 Å². The summed E-state index contributed by atoms with van der Waals surface area (Å²) in [6.07, 6.45) is 0.226. The number of aliphatic imine (C=N–C) groups is 1. The van der Waals surface area contributed by atoms with Crippen LogP contribution in [0.15, 0.2) is 41.4 Å². The highest BCUT2D eigenvalue weighted by Crippen LogP contribution is 2.41. The van der Waals surface area contributed by atoms with Crippen LogP contribution in [0.3, 0.4) is 0 Å². The van der Waals surface area contributed by atoms with Crippen molar-refractivity contribution in [2.45, 2.75) is 49.3 Å². The molecule has 13 nitrogen and oxygen atoms in total. The van der Waals surface area contributed by atoms with Crippen LogP contribution in [-0.4, -0.2) is 92.0 Å². The van der Waals surface area contributed by atoms with Gasteiger partial charge in [0, 0.05) is 18.4 Å². The molecule has 4 aliphatic heterocycles. The van der Waals surface area contributed by atoms with Crippen molar-refractivity contribution >= 4 is 40.4 Å². The SMILES string of the molecule is Cc1cccc2cccc(C(=O)NC3C[N+]4=C(N)N[C@@H](CN5C(=O)CCC5=O)[C@@H]5N=C(N)N[C@@]54C3(O)O)c12. The number of rotatable bonds is 4. The summed E-state index contributed by atoms with van der Waals surface area (Å²) < 4.78 is 1.48. The Morgan fingerprint density at radius 1 is 1.18 bits per heavy atom. The summed E-state index contributed by atoms with van der Waals surface area (Å²) in [6.45, 7) is 1.74. The number of nitrogens with two attached hydrogens (primary N) is 2. The molecular weight excluding hydrogens is 492 g/mol. The van der Waals surface area contributed by atoms with Crippen molar-refractivity contribution < 1.29 is 29.2 Å². The van der Waals surface area contributed by atoms with Gasteiger partial charge < -0.3 is 26.6 Å². The fourth-order valence-electron chi connectivity index (χ4n) is 6.28. The lowest BCUT2D eigenvalue weighted by Crippen LogP contribution is -2.79. The molecule has 2 saturated heterocycles. The fraction of sp³-hybridized carbons (Fsp3) is 0.400. The molecule has 6 rings (SSSR count). The first-order chi connectivity index (χ1) is 18.0. The van der Waals surface area contributed by atoms with Gasteiger partial charge in [-0.15, -0.1) is 0 Å². The average molecular weight is 522 g/mol. The Morgan fingerprint density at radius 3 is 2.58 bits per heavy atom. The second-order valence-corrected chi connectivity index (χ2v) is 10.2. The van der Waals surface area contributed by atoms with Gasteiger partial charge in [-0.25, -0.2) is 9.57 Å². The van der Waals surface area contributed by atoms with Crippen molar-refractivity contribution in [2.24, 2.45) is 16.5 Å². The lowest BCUT2D eigenvalue weighted by atomic mass is 9.85. The number of nitrogens with one attached hydrogen (secondary N) is 3. The van der Waals surface area contributed by atoms with Crippen LogP contribution in [-0.2, 0) is 9.59 Å². The van der Waals surface area contributed by atoms with Gasteiger partial charge in [0.15, 0.2) is 5.96 Å². The number of imide groups is 1. The number of guanidine groups is 2. The maximum absolute atomic E-state index is 13.5. The molecule has 2 fully saturated rings. The molecule has 3 amide bonds. The molecule has 1 unspecified atom stereocenters. The van der Waals surface area contributed by atoms with E-state index in [4.69, 9.17) is 11.5 Å². The van der Waals surface area contributed by atoms with Crippen LogP contribution in [0.1, 0.15) is 28.8 Å². The predicted octanol–water partition coefficient (Wildman–Crippen LogP) is -2.63. The number of carbonyl (C=O) groups is 3. The number of likely N-dealkylation sites (tertiary alicyclic amines) is 1. The van der Waals surface area contributed by atoms with Crippen LogP contribution in [0.25, 0.3) is 10.8 Å². The zero-order valence-corrected chi connectivity index (χ0v) is 20.6. The normalized spacial score (nSPS) is 29.6. The van der Waals surface area contributed by atoms with Gasteiger partial charge in [-0.1, -0.05) is 30.3 Å². The van der Waals surface area contributed by atoms with E-state index < -0.39 is 35.5 Å². The van der Waals surface area contributed by atoms with Gasteiger partial charge >= 0.3 is 5.96 Å². The van der Waals surface area contributed by atoms with E-state index in [1.54, 1.807) is 12.1 Å². The molecule has 9 N–H and O–H groups in total. The third-order valence-electron chi connectivity index (χ3n) is 8.06. The molecule has 2 aromatic rings. The molecule has 0 aromatic heterocycles. The fourth-order valence-corrected chi connectivity index (χ4v) is 6.28. The Balaban J connectivity index is 1.35. The lowest BCUT2D eigenvalue weighted by molar-refractivity contribution is -0.623. The predicted molar refractivity (Wildman–Crippen MR) is 136 cm³/mol. The van der Waals surface area contributed by atoms with Crippen molar-refractivity contribution in [3.8, 4) is 0 Å². The smallest absolute Gasteiger partial charge is 0.346 e. The maximum Gasteiger partial charge on any atom is 0.346 e. The van der Waals surface area contributed by atoms with Crippen LogP contribution in [0.5, 0.6) is 0 Å². The first-order valence-electron chi connectivity index (χ1n) is 12.4. The maximum atomic E-state index is 13.5. The second kappa shape index (κ2) is 8.13. The van der Waals surface area contributed by atoms with E-state index >= 15 is 0 Å². The molecule has 1 spiro atoms. The summed E-state index contributed by atoms with van der Waals surface area (Å²) in [4.78, 5) is 43.6. The van der Waals surface area contributed by atoms with E-state index in [-0.39, 0.29) is 49.7 Å². The molecule has 13 heteroatoms. The van der Waals surface area contributed by atoms with Crippen molar-refractivity contribution in [1.29, 1.82) is 0 Å². The Kier molecular flexibility index (Phi) is 5.16. The summed E-state index contributed by atoms with van der Waals surface area (Å²) in [5.41, 5.74) is 11.9. The molecule has 4 aliphatic rings. The van der Waals surface area contributed by atoms with Crippen LogP contribution >= 0.6 is 0 Å². The minimum atomic E-state index is -2.61. The largest absolute Gasteiger partial charge is 0.370 e. The highest BCUT2D eigenvalue weighted by Gasteiger charge is 2.75. The molecule has 2 aromatic carbocycles. The Morgan fingerprint density at radius 2 is 1.87 bits per heavy atom. The Labute approximate surface area is 217 Å². The summed E-state index contributed by atoms with van der Waals surface area (Å²) in [7, 11) is 0. The van der Waals surface area contributed by atoms with Crippen LogP contribution in [0.2, 0.25) is 0 Å². The molecule has 4 heterocycles. The van der Waals surface area contributed by atoms with Gasteiger partial charge in [0.2, 0.25) is 23.3 Å². The number of hydrogen-bond donors (Lipinski definition) is 7. The highest BCUT2D eigenvalue weighted by molar-refractivity contribution is 6.08. The van der Waals surface area contributed by atoms with E-state index in [0.29, 0.717) is 5.56 Å². The van der Waals surface area contributed by atoms with Gasteiger partial charge in [-0.05, 0) is 29.3 Å². The third-order valence-corrected chi connectivity index (χ3v) is 8.06. The monoisotopic (exact) mass is 521 g/mol. The van der Waals surface area contributed by atoms with E-state index in [1.807, 2.05) is 31.2 Å². The number of hydrogen-bond acceptors (Lipinski definition) is 10. The zero-order valence-electron chi connectivity index (χ0n) is 20.6. The molecule has 0 saturated carbocycles. The van der Waals surface area contributed by atoms with Crippen molar-refractivity contribution in [2.75, 3.05) is 13.1 Å². The number of aliphatic hydroxyl groups is 2. The Bertz CT molecular complexity index is 1450. The summed E-state index contributed by atoms with van der Waals surface area (Å²) >= 11 is 0. The Hall–Kier alpha value is -4.23. The molecule has 38 heavy (non-hydrogen) atoms. The van der Waals surface area contributed by atoms with Gasteiger partial charge in [0.25, 0.3) is 5.91 Å². The number of carbonyl (C=O) groups excluding carboxylic acids is 3. The minimum absolute atomic E-state index is 0.0629. The minimum Gasteiger partial charge on any atom is -0.370 e. The lowest BCUT2D eigenvalue weighted by Gasteiger charge is -2.44. The molecule has 198 valence electrons. The van der Waals surface area contributed by atoms with E-state index in [2.05, 4.69) is 20.9 Å². The number of benzene rings is 2. The van der Waals surface area contributed by atoms with E-state index in [9.17, 15) is 24.6 Å². The van der Waals surface area contributed by atoms with Crippen molar-refractivity contribution in [3.05, 3.63) is 47.5 Å². The van der Waals surface area contributed by atoms with Gasteiger partial charge in [0.05, 0.1) is 13.1 Å². The molecule has 0 radical (unpaired) electrons. The average Bonchev–Trinajstić information content (AvgIpc) is 3.47. The summed E-state index contributed by atoms with van der Waals surface area (Å²) in [5.74, 6) is -3.75. The number of nitrogens with zero attached hydrogens (tertiary/aromatic N) is 3. The van der Waals surface area contributed by atoms with Crippen LogP contribution in [0, 0.1) is 6.92 Å². The van der Waals surface area contributed by atoms with E-state index in [1.165, 1.54) is 4.58 Å². The standard InChI is InChI=1S/C25H28N8O5/c1-12-4-2-5-13-6-3-7-14(19(12)13)21(36)29-16-11-33-23(27)28-15(10-32-17(34)8-9-18(32)35)20-24(33,25(16,37)38)31-22(26)30-20/h2-7,15-16,20,37-38H,8-11H2,1H3,(H6,26,27,28,29,30,31,36)/p+1/t15-,16?,20-,24-/m0/s1. The summed E-state index contributed by atoms with van der Waals surface area (Å²) in [5, 5.41) is 33.7. The summed E-state index contributed by atoms with van der Waals surface area (Å²) in [6, 6.07) is 8.13. The van der Waals surface area contributed by atoms with Crippen LogP contribution < -0.4 is 27.4 Å². The first kappa shape index (κ1) is 24.1. The molecule has 0 bridgehead atoms. The quantitative estimate of drug-likeness (QED) is 0.128. The zero-order chi connectivity index (χ0) is 27.0. The molecular formula is C25H29N8O5+. The molecule has 4 atom stereocenters. The van der Waals surface area contributed by atoms with Crippen LogP contribution in [0.4, 0.5) is 0 Å². The highest BCUT2D eigenvalue weighted by atomic mass is 16.5. The molecule has 0 aliphatic carbocycles. The first-order valence-corrected chi connectivity index (χ1v) is 12.4. The number of amides is 3. The van der Waals surface area contributed by atoms with E-state index in [0.717, 1.165) is 21.2 Å². The van der Waals surface area contributed by atoms with Gasteiger partial charge in [0.1, 0.15) is 18.1 Å².